The third-order valence-electron chi connectivity index (χ3n) is 2.99. The minimum absolute atomic E-state index is 0.0532. The second-order valence-corrected chi connectivity index (χ2v) is 3.47. The van der Waals surface area contributed by atoms with Gasteiger partial charge >= 0.3 is 0 Å². The molecule has 0 bridgehead atoms. The number of hydrogen-bond acceptors (Lipinski definition) is 2. The molecular formula is C8H13NO2. The van der Waals surface area contributed by atoms with Gasteiger partial charge in [-0.2, -0.15) is 0 Å². The van der Waals surface area contributed by atoms with Gasteiger partial charge in [-0.1, -0.05) is 13.3 Å². The first kappa shape index (κ1) is 7.10. The molecular weight excluding hydrogens is 142 g/mol. The molecule has 0 aromatic heterocycles. The molecule has 0 aromatic rings. The Hall–Kier alpha value is -0.570. The standard InChI is InChI=1S/C8H13NO2/c1-2-4-6-5(3-10)9-8(11)7(4)6/h4-7,10H,2-3H2,1H3,(H,9,11)/t4-,5-,6?,7?/m1/s1. The first-order chi connectivity index (χ1) is 5.29. The van der Waals surface area contributed by atoms with Gasteiger partial charge in [-0.25, -0.2) is 0 Å². The second-order valence-electron chi connectivity index (χ2n) is 3.47. The Morgan fingerprint density at radius 1 is 1.64 bits per heavy atom. The minimum atomic E-state index is 0.0532. The maximum Gasteiger partial charge on any atom is 0.224 e. The molecule has 2 unspecified atom stereocenters. The summed E-state index contributed by atoms with van der Waals surface area (Å²) in [5, 5.41) is 11.7. The van der Waals surface area contributed by atoms with Crippen molar-refractivity contribution in [3.8, 4) is 0 Å². The van der Waals surface area contributed by atoms with Crippen molar-refractivity contribution in [2.75, 3.05) is 6.61 Å². The first-order valence-corrected chi connectivity index (χ1v) is 4.20. The molecule has 1 aliphatic carbocycles. The van der Waals surface area contributed by atoms with Crippen LogP contribution in [0.1, 0.15) is 13.3 Å². The smallest absolute Gasteiger partial charge is 0.224 e. The molecule has 2 rings (SSSR count). The quantitative estimate of drug-likeness (QED) is 0.577. The van der Waals surface area contributed by atoms with Crippen LogP contribution in [0.15, 0.2) is 0 Å². The third kappa shape index (κ3) is 0.805. The van der Waals surface area contributed by atoms with Crippen LogP contribution < -0.4 is 5.32 Å². The van der Waals surface area contributed by atoms with E-state index in [9.17, 15) is 4.79 Å². The SMILES string of the molecule is CC[C@H]1C2C(=O)N[C@H](CO)C21. The molecule has 11 heavy (non-hydrogen) atoms. The van der Waals surface area contributed by atoms with Crippen molar-refractivity contribution in [1.82, 2.24) is 5.32 Å². The lowest BCUT2D eigenvalue weighted by atomic mass is 10.1. The number of rotatable bonds is 2. The Balaban J connectivity index is 2.06. The highest BCUT2D eigenvalue weighted by molar-refractivity contribution is 5.85. The van der Waals surface area contributed by atoms with E-state index in [4.69, 9.17) is 5.11 Å². The number of aliphatic hydroxyl groups is 1. The molecule has 2 N–H and O–H groups in total. The normalized spacial score (nSPS) is 46.9. The summed E-state index contributed by atoms with van der Waals surface area (Å²) in [5.74, 6) is 1.39. The zero-order valence-electron chi connectivity index (χ0n) is 6.58. The highest BCUT2D eigenvalue weighted by Crippen LogP contribution is 2.54. The summed E-state index contributed by atoms with van der Waals surface area (Å²) in [6, 6.07) is 0.0532. The van der Waals surface area contributed by atoms with Crippen LogP contribution in [0.25, 0.3) is 0 Å². The lowest BCUT2D eigenvalue weighted by molar-refractivity contribution is -0.121. The molecule has 1 amide bonds. The van der Waals surface area contributed by atoms with Crippen LogP contribution in [0.3, 0.4) is 0 Å². The van der Waals surface area contributed by atoms with Crippen LogP contribution >= 0.6 is 0 Å². The van der Waals surface area contributed by atoms with E-state index >= 15 is 0 Å². The molecule has 0 spiro atoms. The number of hydrogen-bond donors (Lipinski definition) is 2. The molecule has 1 heterocycles. The fourth-order valence-corrected chi connectivity index (χ4v) is 2.39. The summed E-state index contributed by atoms with van der Waals surface area (Å²) in [4.78, 5) is 11.1. The zero-order valence-corrected chi connectivity index (χ0v) is 6.58. The number of fused-ring (bicyclic) bond motifs is 1. The summed E-state index contributed by atoms with van der Waals surface area (Å²) in [7, 11) is 0. The van der Waals surface area contributed by atoms with E-state index in [0.717, 1.165) is 6.42 Å². The number of nitrogens with one attached hydrogen (secondary N) is 1. The largest absolute Gasteiger partial charge is 0.394 e. The predicted octanol–water partition coefficient (Wildman–Crippen LogP) is -0.251. The molecule has 0 radical (unpaired) electrons. The van der Waals surface area contributed by atoms with Gasteiger partial charge in [0.25, 0.3) is 0 Å². The molecule has 3 nitrogen and oxygen atoms in total. The number of carbonyl (C=O) groups excluding carboxylic acids is 1. The fourth-order valence-electron chi connectivity index (χ4n) is 2.39. The third-order valence-corrected chi connectivity index (χ3v) is 2.99. The maximum absolute atomic E-state index is 11.1. The van der Waals surface area contributed by atoms with Crippen LogP contribution in [0.4, 0.5) is 0 Å². The van der Waals surface area contributed by atoms with Crippen LogP contribution in [-0.4, -0.2) is 23.7 Å². The Labute approximate surface area is 65.8 Å². The van der Waals surface area contributed by atoms with Gasteiger partial charge < -0.3 is 10.4 Å². The van der Waals surface area contributed by atoms with E-state index in [2.05, 4.69) is 12.2 Å². The molecule has 0 aromatic carbocycles. The van der Waals surface area contributed by atoms with Gasteiger partial charge in [-0.15, -0.1) is 0 Å². The summed E-state index contributed by atoms with van der Waals surface area (Å²) >= 11 is 0. The van der Waals surface area contributed by atoms with E-state index in [-0.39, 0.29) is 24.5 Å². The Bertz CT molecular complexity index is 193. The van der Waals surface area contributed by atoms with Crippen LogP contribution in [0.5, 0.6) is 0 Å². The number of piperidine rings is 1. The lowest BCUT2D eigenvalue weighted by Gasteiger charge is -2.11. The minimum Gasteiger partial charge on any atom is -0.394 e. The number of aliphatic hydroxyl groups excluding tert-OH is 1. The molecule has 1 saturated heterocycles. The molecule has 1 saturated carbocycles. The van der Waals surface area contributed by atoms with Gasteiger partial charge in [0.1, 0.15) is 0 Å². The average Bonchev–Trinajstić information content (AvgIpc) is 2.65. The van der Waals surface area contributed by atoms with Gasteiger partial charge in [0, 0.05) is 5.92 Å². The number of amides is 1. The van der Waals surface area contributed by atoms with Crippen molar-refractivity contribution < 1.29 is 9.90 Å². The topological polar surface area (TPSA) is 49.3 Å². The van der Waals surface area contributed by atoms with E-state index in [1.165, 1.54) is 0 Å². The zero-order chi connectivity index (χ0) is 8.01. The molecule has 4 atom stereocenters. The Morgan fingerprint density at radius 3 is 2.82 bits per heavy atom. The summed E-state index contributed by atoms with van der Waals surface area (Å²) in [6.07, 6.45) is 1.07. The van der Waals surface area contributed by atoms with Crippen molar-refractivity contribution >= 4 is 5.91 Å². The highest BCUT2D eigenvalue weighted by Gasteiger charge is 2.61. The van der Waals surface area contributed by atoms with Crippen molar-refractivity contribution in [3.63, 3.8) is 0 Å². The summed E-state index contributed by atoms with van der Waals surface area (Å²) in [6.45, 7) is 2.20. The van der Waals surface area contributed by atoms with Crippen LogP contribution in [-0.2, 0) is 4.79 Å². The first-order valence-electron chi connectivity index (χ1n) is 4.20. The monoisotopic (exact) mass is 155 g/mol. The van der Waals surface area contributed by atoms with E-state index in [1.807, 2.05) is 0 Å². The van der Waals surface area contributed by atoms with E-state index < -0.39 is 0 Å². The molecule has 62 valence electrons. The summed E-state index contributed by atoms with van der Waals surface area (Å²) in [5.41, 5.74) is 0. The van der Waals surface area contributed by atoms with Crippen molar-refractivity contribution in [2.24, 2.45) is 17.8 Å². The van der Waals surface area contributed by atoms with Crippen molar-refractivity contribution in [1.29, 1.82) is 0 Å². The number of carbonyl (C=O) groups is 1. The maximum atomic E-state index is 11.1. The van der Waals surface area contributed by atoms with Crippen molar-refractivity contribution in [3.05, 3.63) is 0 Å². The summed E-state index contributed by atoms with van der Waals surface area (Å²) < 4.78 is 0. The Kier molecular flexibility index (Phi) is 1.42. The second kappa shape index (κ2) is 2.21. The van der Waals surface area contributed by atoms with Gasteiger partial charge in [0.05, 0.1) is 12.6 Å². The highest BCUT2D eigenvalue weighted by atomic mass is 16.3. The molecule has 2 aliphatic rings. The van der Waals surface area contributed by atoms with Crippen LogP contribution in [0, 0.1) is 17.8 Å². The molecule has 1 aliphatic heterocycles. The van der Waals surface area contributed by atoms with E-state index in [1.54, 1.807) is 0 Å². The van der Waals surface area contributed by atoms with Gasteiger partial charge in [-0.3, -0.25) is 4.79 Å². The molecule has 2 fully saturated rings. The lowest BCUT2D eigenvalue weighted by Crippen LogP contribution is -2.34. The fraction of sp³-hybridized carbons (Fsp3) is 0.875. The van der Waals surface area contributed by atoms with Gasteiger partial charge in [-0.05, 0) is 11.8 Å². The van der Waals surface area contributed by atoms with Crippen LogP contribution in [0.2, 0.25) is 0 Å². The molecule has 3 heteroatoms. The Morgan fingerprint density at radius 2 is 2.36 bits per heavy atom. The van der Waals surface area contributed by atoms with Gasteiger partial charge in [0.15, 0.2) is 0 Å². The van der Waals surface area contributed by atoms with E-state index in [0.29, 0.717) is 11.8 Å². The predicted molar refractivity (Wildman–Crippen MR) is 39.8 cm³/mol. The average molecular weight is 155 g/mol. The van der Waals surface area contributed by atoms with Gasteiger partial charge in [0.2, 0.25) is 5.91 Å². The van der Waals surface area contributed by atoms with Crippen molar-refractivity contribution in [2.45, 2.75) is 19.4 Å².